The summed E-state index contributed by atoms with van der Waals surface area (Å²) in [5.41, 5.74) is 1.39. The van der Waals surface area contributed by atoms with Crippen LogP contribution in [-0.4, -0.2) is 6.61 Å². The molecule has 1 aromatic carbocycles. The Balaban J connectivity index is 2.59. The van der Waals surface area contributed by atoms with E-state index >= 15 is 0 Å². The summed E-state index contributed by atoms with van der Waals surface area (Å²) in [4.78, 5) is 0. The molecule has 0 aliphatic carbocycles. The van der Waals surface area contributed by atoms with E-state index in [1.54, 1.807) is 0 Å². The molecule has 0 heterocycles. The van der Waals surface area contributed by atoms with Crippen LogP contribution in [0.3, 0.4) is 0 Å². The Morgan fingerprint density at radius 1 is 1.15 bits per heavy atom. The van der Waals surface area contributed by atoms with Gasteiger partial charge in [-0.25, -0.2) is 0 Å². The molecule has 0 aliphatic heterocycles. The maximum absolute atomic E-state index is 5.37. The summed E-state index contributed by atoms with van der Waals surface area (Å²) in [5, 5.41) is 0. The molecular formula is C12H18O. The molecular weight excluding hydrogens is 160 g/mol. The van der Waals surface area contributed by atoms with Crippen LogP contribution in [0.15, 0.2) is 24.3 Å². The van der Waals surface area contributed by atoms with Crippen LogP contribution < -0.4 is 4.74 Å². The molecule has 0 unspecified atom stereocenters. The Kier molecular flexibility index (Phi) is 3.81. The van der Waals surface area contributed by atoms with Crippen LogP contribution in [0, 0.1) is 5.92 Å². The average molecular weight is 178 g/mol. The summed E-state index contributed by atoms with van der Waals surface area (Å²) in [6.45, 7) is 7.21. The summed E-state index contributed by atoms with van der Waals surface area (Å²) in [6.07, 6.45) is 1.15. The fourth-order valence-electron chi connectivity index (χ4n) is 1.36. The van der Waals surface area contributed by atoms with Crippen LogP contribution in [0.5, 0.6) is 5.75 Å². The molecule has 0 saturated heterocycles. The number of benzene rings is 1. The van der Waals surface area contributed by atoms with Crippen LogP contribution in [0.4, 0.5) is 0 Å². The predicted octanol–water partition coefficient (Wildman–Crippen LogP) is 3.28. The highest BCUT2D eigenvalue weighted by Gasteiger charge is 1.97. The molecule has 0 bridgehead atoms. The van der Waals surface area contributed by atoms with Gasteiger partial charge in [-0.1, -0.05) is 26.0 Å². The van der Waals surface area contributed by atoms with Crippen LogP contribution in [0.2, 0.25) is 0 Å². The number of ether oxygens (including phenoxy) is 1. The highest BCUT2D eigenvalue weighted by atomic mass is 16.5. The van der Waals surface area contributed by atoms with Crippen molar-refractivity contribution in [1.82, 2.24) is 0 Å². The van der Waals surface area contributed by atoms with Gasteiger partial charge in [0.1, 0.15) is 5.75 Å². The Morgan fingerprint density at radius 3 is 2.23 bits per heavy atom. The number of rotatable bonds is 4. The minimum absolute atomic E-state index is 0.720. The fourth-order valence-corrected chi connectivity index (χ4v) is 1.36. The lowest BCUT2D eigenvalue weighted by Crippen LogP contribution is -1.95. The van der Waals surface area contributed by atoms with Crippen molar-refractivity contribution in [3.05, 3.63) is 29.8 Å². The van der Waals surface area contributed by atoms with Crippen molar-refractivity contribution in [2.45, 2.75) is 27.2 Å². The van der Waals surface area contributed by atoms with Gasteiger partial charge in [-0.05, 0) is 37.0 Å². The Labute approximate surface area is 80.7 Å². The number of hydrogen-bond donors (Lipinski definition) is 0. The second kappa shape index (κ2) is 4.90. The molecule has 72 valence electrons. The maximum atomic E-state index is 5.37. The standard InChI is InChI=1S/C12H18O/c1-4-13-12-7-5-11(6-8-12)9-10(2)3/h5-8,10H,4,9H2,1-3H3. The van der Waals surface area contributed by atoms with E-state index in [2.05, 4.69) is 26.0 Å². The minimum Gasteiger partial charge on any atom is -0.494 e. The second-order valence-corrected chi connectivity index (χ2v) is 3.67. The summed E-state index contributed by atoms with van der Waals surface area (Å²) in [7, 11) is 0. The van der Waals surface area contributed by atoms with Crippen LogP contribution in [0.1, 0.15) is 26.3 Å². The summed E-state index contributed by atoms with van der Waals surface area (Å²) < 4.78 is 5.37. The van der Waals surface area contributed by atoms with E-state index in [1.807, 2.05) is 19.1 Å². The van der Waals surface area contributed by atoms with Gasteiger partial charge in [-0.15, -0.1) is 0 Å². The molecule has 0 aromatic heterocycles. The molecule has 1 nitrogen and oxygen atoms in total. The molecule has 0 N–H and O–H groups in total. The van der Waals surface area contributed by atoms with Gasteiger partial charge in [0.2, 0.25) is 0 Å². The summed E-state index contributed by atoms with van der Waals surface area (Å²) in [5.74, 6) is 1.69. The van der Waals surface area contributed by atoms with Gasteiger partial charge in [0.15, 0.2) is 0 Å². The monoisotopic (exact) mass is 178 g/mol. The van der Waals surface area contributed by atoms with Crippen molar-refractivity contribution in [3.8, 4) is 5.75 Å². The average Bonchev–Trinajstić information content (AvgIpc) is 2.08. The molecule has 0 amide bonds. The van der Waals surface area contributed by atoms with Crippen LogP contribution in [-0.2, 0) is 6.42 Å². The second-order valence-electron chi connectivity index (χ2n) is 3.67. The molecule has 1 rings (SSSR count). The normalized spacial score (nSPS) is 10.5. The lowest BCUT2D eigenvalue weighted by atomic mass is 10.0. The van der Waals surface area contributed by atoms with Gasteiger partial charge in [0.25, 0.3) is 0 Å². The third-order valence-electron chi connectivity index (χ3n) is 1.88. The van der Waals surface area contributed by atoms with Crippen molar-refractivity contribution in [2.75, 3.05) is 6.61 Å². The van der Waals surface area contributed by atoms with Gasteiger partial charge in [0, 0.05) is 0 Å². The molecule has 1 aromatic rings. The first-order valence-electron chi connectivity index (χ1n) is 4.94. The lowest BCUT2D eigenvalue weighted by Gasteiger charge is -2.06. The summed E-state index contributed by atoms with van der Waals surface area (Å²) >= 11 is 0. The minimum atomic E-state index is 0.720. The van der Waals surface area contributed by atoms with Crippen molar-refractivity contribution >= 4 is 0 Å². The Hall–Kier alpha value is -0.980. The molecule has 1 heteroatoms. The fraction of sp³-hybridized carbons (Fsp3) is 0.500. The van der Waals surface area contributed by atoms with Crippen molar-refractivity contribution in [3.63, 3.8) is 0 Å². The van der Waals surface area contributed by atoms with Crippen LogP contribution in [0.25, 0.3) is 0 Å². The van der Waals surface area contributed by atoms with Crippen molar-refractivity contribution in [1.29, 1.82) is 0 Å². The third-order valence-corrected chi connectivity index (χ3v) is 1.88. The zero-order chi connectivity index (χ0) is 9.68. The molecule has 0 fully saturated rings. The van der Waals surface area contributed by atoms with Crippen molar-refractivity contribution < 1.29 is 4.74 Å². The van der Waals surface area contributed by atoms with E-state index in [9.17, 15) is 0 Å². The van der Waals surface area contributed by atoms with E-state index < -0.39 is 0 Å². The number of hydrogen-bond acceptors (Lipinski definition) is 1. The molecule has 0 saturated carbocycles. The molecule has 13 heavy (non-hydrogen) atoms. The first-order valence-corrected chi connectivity index (χ1v) is 4.94. The smallest absolute Gasteiger partial charge is 0.119 e. The molecule has 0 aliphatic rings. The van der Waals surface area contributed by atoms with E-state index in [1.165, 1.54) is 5.56 Å². The summed E-state index contributed by atoms with van der Waals surface area (Å²) in [6, 6.07) is 8.37. The topological polar surface area (TPSA) is 9.23 Å². The Bertz CT molecular complexity index is 236. The molecule has 0 radical (unpaired) electrons. The quantitative estimate of drug-likeness (QED) is 0.687. The lowest BCUT2D eigenvalue weighted by molar-refractivity contribution is 0.340. The third kappa shape index (κ3) is 3.49. The first-order chi connectivity index (χ1) is 6.22. The van der Waals surface area contributed by atoms with E-state index in [0.717, 1.165) is 24.7 Å². The highest BCUT2D eigenvalue weighted by molar-refractivity contribution is 5.27. The highest BCUT2D eigenvalue weighted by Crippen LogP contribution is 2.14. The van der Waals surface area contributed by atoms with E-state index in [0.29, 0.717) is 0 Å². The van der Waals surface area contributed by atoms with Crippen molar-refractivity contribution in [2.24, 2.45) is 5.92 Å². The van der Waals surface area contributed by atoms with Gasteiger partial charge >= 0.3 is 0 Å². The zero-order valence-corrected chi connectivity index (χ0v) is 8.71. The van der Waals surface area contributed by atoms with Gasteiger partial charge in [-0.3, -0.25) is 0 Å². The van der Waals surface area contributed by atoms with Gasteiger partial charge in [0.05, 0.1) is 6.61 Å². The van der Waals surface area contributed by atoms with Gasteiger partial charge in [-0.2, -0.15) is 0 Å². The van der Waals surface area contributed by atoms with Gasteiger partial charge < -0.3 is 4.74 Å². The maximum Gasteiger partial charge on any atom is 0.119 e. The zero-order valence-electron chi connectivity index (χ0n) is 8.71. The first kappa shape index (κ1) is 10.1. The molecule has 0 spiro atoms. The van der Waals surface area contributed by atoms with Crippen LogP contribution >= 0.6 is 0 Å². The predicted molar refractivity (Wildman–Crippen MR) is 56.2 cm³/mol. The SMILES string of the molecule is CCOc1ccc(CC(C)C)cc1. The largest absolute Gasteiger partial charge is 0.494 e. The van der Waals surface area contributed by atoms with E-state index in [4.69, 9.17) is 4.74 Å². The molecule has 0 atom stereocenters. The van der Waals surface area contributed by atoms with E-state index in [-0.39, 0.29) is 0 Å². The Morgan fingerprint density at radius 2 is 1.77 bits per heavy atom.